The fourth-order valence-electron chi connectivity index (χ4n) is 1.52. The lowest BCUT2D eigenvalue weighted by atomic mass is 10.1. The molecule has 1 unspecified atom stereocenters. The Bertz CT molecular complexity index is 105. The van der Waals surface area contributed by atoms with Gasteiger partial charge in [0.1, 0.15) is 0 Å². The quantitative estimate of drug-likeness (QED) is 0.518. The van der Waals surface area contributed by atoms with Crippen molar-refractivity contribution in [3.05, 3.63) is 0 Å². The molecule has 1 atom stereocenters. The van der Waals surface area contributed by atoms with E-state index < -0.39 is 0 Å². The molecule has 2 heterocycles. The third-order valence-electron chi connectivity index (χ3n) is 2.30. The van der Waals surface area contributed by atoms with Gasteiger partial charge in [-0.1, -0.05) is 0 Å². The van der Waals surface area contributed by atoms with Crippen molar-refractivity contribution in [3.63, 3.8) is 0 Å². The molecule has 0 aromatic heterocycles. The Balaban J connectivity index is 1.78. The molecule has 0 aromatic rings. The van der Waals surface area contributed by atoms with Crippen molar-refractivity contribution in [2.75, 3.05) is 32.7 Å². The molecule has 0 spiro atoms. The van der Waals surface area contributed by atoms with E-state index >= 15 is 0 Å². The first-order chi connectivity index (χ1) is 4.97. The van der Waals surface area contributed by atoms with Crippen molar-refractivity contribution < 1.29 is 0 Å². The summed E-state index contributed by atoms with van der Waals surface area (Å²) in [6.45, 7) is 5.76. The fraction of sp³-hybridized carbons (Fsp3) is 1.00. The van der Waals surface area contributed by atoms with E-state index in [1.807, 2.05) is 0 Å². The molecule has 0 aliphatic carbocycles. The van der Waals surface area contributed by atoms with Crippen LogP contribution in [0.4, 0.5) is 0 Å². The minimum absolute atomic E-state index is 0.585. The summed E-state index contributed by atoms with van der Waals surface area (Å²) in [6, 6.07) is 0. The van der Waals surface area contributed by atoms with Crippen molar-refractivity contribution in [3.8, 4) is 0 Å². The fourth-order valence-corrected chi connectivity index (χ4v) is 1.52. The van der Waals surface area contributed by atoms with Crippen LogP contribution in [-0.2, 0) is 0 Å². The first-order valence-corrected chi connectivity index (χ1v) is 4.08. The predicted molar refractivity (Wildman–Crippen MR) is 39.8 cm³/mol. The lowest BCUT2D eigenvalue weighted by Crippen LogP contribution is -2.56. The Morgan fingerprint density at radius 2 is 2.00 bits per heavy atom. The molecule has 0 bridgehead atoms. The molecular formula is C7H14N3. The summed E-state index contributed by atoms with van der Waals surface area (Å²) in [5.41, 5.74) is 0. The maximum Gasteiger partial charge on any atom is 0.0774 e. The molecule has 0 saturated carbocycles. The highest BCUT2D eigenvalue weighted by molar-refractivity contribution is 4.80. The highest BCUT2D eigenvalue weighted by atomic mass is 15.3. The molecule has 2 rings (SSSR count). The van der Waals surface area contributed by atoms with E-state index in [1.165, 1.54) is 19.5 Å². The van der Waals surface area contributed by atoms with E-state index in [1.54, 1.807) is 0 Å². The predicted octanol–water partition coefficient (Wildman–Crippen LogP) is -0.774. The van der Waals surface area contributed by atoms with Gasteiger partial charge in [0.25, 0.3) is 0 Å². The lowest BCUT2D eigenvalue weighted by molar-refractivity contribution is 0.0913. The second-order valence-corrected chi connectivity index (χ2v) is 2.96. The first kappa shape index (κ1) is 6.58. The molecule has 1 radical (unpaired) electrons. The lowest BCUT2D eigenvalue weighted by Gasteiger charge is -2.39. The average Bonchev–Trinajstić information content (AvgIpc) is 1.86. The molecule has 57 valence electrons. The van der Waals surface area contributed by atoms with Gasteiger partial charge in [-0.15, -0.1) is 0 Å². The van der Waals surface area contributed by atoms with Gasteiger partial charge in [0.05, 0.1) is 6.17 Å². The molecule has 2 aliphatic rings. The molecule has 3 heteroatoms. The van der Waals surface area contributed by atoms with Gasteiger partial charge in [-0.05, 0) is 6.42 Å². The Labute approximate surface area is 61.8 Å². The third-order valence-corrected chi connectivity index (χ3v) is 2.30. The number of hydrogen-bond donors (Lipinski definition) is 1. The summed E-state index contributed by atoms with van der Waals surface area (Å²) in [4.78, 5) is 2.47. The summed E-state index contributed by atoms with van der Waals surface area (Å²) in [7, 11) is 0. The third kappa shape index (κ3) is 1.17. The molecule has 10 heavy (non-hydrogen) atoms. The van der Waals surface area contributed by atoms with Gasteiger partial charge in [-0.25, -0.2) is 5.32 Å². The van der Waals surface area contributed by atoms with Crippen LogP contribution in [0.25, 0.3) is 0 Å². The van der Waals surface area contributed by atoms with E-state index in [0.717, 1.165) is 19.6 Å². The maximum atomic E-state index is 4.39. The highest BCUT2D eigenvalue weighted by Crippen LogP contribution is 2.10. The Morgan fingerprint density at radius 3 is 2.50 bits per heavy atom. The van der Waals surface area contributed by atoms with E-state index in [2.05, 4.69) is 15.5 Å². The minimum Gasteiger partial charge on any atom is -0.314 e. The van der Waals surface area contributed by atoms with Crippen LogP contribution in [0.15, 0.2) is 0 Å². The number of nitrogens with one attached hydrogen (secondary N) is 1. The van der Waals surface area contributed by atoms with E-state index in [0.29, 0.717) is 6.17 Å². The Kier molecular flexibility index (Phi) is 1.88. The van der Waals surface area contributed by atoms with Gasteiger partial charge in [-0.3, -0.25) is 4.90 Å². The van der Waals surface area contributed by atoms with Gasteiger partial charge in [0.15, 0.2) is 0 Å². The van der Waals surface area contributed by atoms with Crippen LogP contribution in [0, 0.1) is 0 Å². The van der Waals surface area contributed by atoms with Crippen LogP contribution >= 0.6 is 0 Å². The summed E-state index contributed by atoms with van der Waals surface area (Å²) in [5, 5.41) is 7.73. The molecular weight excluding hydrogens is 126 g/mol. The van der Waals surface area contributed by atoms with E-state index in [-0.39, 0.29) is 0 Å². The molecule has 2 saturated heterocycles. The van der Waals surface area contributed by atoms with Gasteiger partial charge in [0, 0.05) is 32.7 Å². The maximum absolute atomic E-state index is 4.39. The van der Waals surface area contributed by atoms with Crippen LogP contribution in [-0.4, -0.2) is 43.8 Å². The summed E-state index contributed by atoms with van der Waals surface area (Å²) >= 11 is 0. The van der Waals surface area contributed by atoms with Crippen LogP contribution in [0.1, 0.15) is 6.42 Å². The molecule has 1 N–H and O–H groups in total. The standard InChI is InChI=1S/C7H14N3/c1-2-9-7(1)10-5-3-8-4-6-10/h7-8H,1-6H2. The zero-order valence-corrected chi connectivity index (χ0v) is 6.21. The zero-order chi connectivity index (χ0) is 6.81. The average molecular weight is 140 g/mol. The molecule has 2 aliphatic heterocycles. The number of rotatable bonds is 1. The van der Waals surface area contributed by atoms with Crippen molar-refractivity contribution in [1.82, 2.24) is 15.5 Å². The van der Waals surface area contributed by atoms with Gasteiger partial charge >= 0.3 is 0 Å². The molecule has 0 amide bonds. The summed E-state index contributed by atoms with van der Waals surface area (Å²) in [5.74, 6) is 0. The SMILES string of the molecule is C1CC(N2CCNCC2)[N]1. The molecule has 2 fully saturated rings. The second-order valence-electron chi connectivity index (χ2n) is 2.96. The van der Waals surface area contributed by atoms with Gasteiger partial charge in [-0.2, -0.15) is 0 Å². The zero-order valence-electron chi connectivity index (χ0n) is 6.21. The van der Waals surface area contributed by atoms with Crippen molar-refractivity contribution >= 4 is 0 Å². The van der Waals surface area contributed by atoms with Crippen LogP contribution < -0.4 is 10.6 Å². The van der Waals surface area contributed by atoms with Crippen molar-refractivity contribution in [1.29, 1.82) is 0 Å². The number of nitrogens with zero attached hydrogens (tertiary/aromatic N) is 2. The smallest absolute Gasteiger partial charge is 0.0774 e. The van der Waals surface area contributed by atoms with Gasteiger partial charge in [0.2, 0.25) is 0 Å². The topological polar surface area (TPSA) is 29.4 Å². The minimum atomic E-state index is 0.585. The van der Waals surface area contributed by atoms with Crippen LogP contribution in [0.3, 0.4) is 0 Å². The first-order valence-electron chi connectivity index (χ1n) is 4.08. The Hall–Kier alpha value is -0.120. The number of piperazine rings is 1. The highest BCUT2D eigenvalue weighted by Gasteiger charge is 2.25. The largest absolute Gasteiger partial charge is 0.314 e. The molecule has 3 nitrogen and oxygen atoms in total. The summed E-state index contributed by atoms with van der Waals surface area (Å²) in [6.07, 6.45) is 1.88. The summed E-state index contributed by atoms with van der Waals surface area (Å²) < 4.78 is 0. The van der Waals surface area contributed by atoms with Crippen molar-refractivity contribution in [2.24, 2.45) is 0 Å². The van der Waals surface area contributed by atoms with E-state index in [4.69, 9.17) is 0 Å². The van der Waals surface area contributed by atoms with E-state index in [9.17, 15) is 0 Å². The second kappa shape index (κ2) is 2.86. The van der Waals surface area contributed by atoms with Crippen molar-refractivity contribution in [2.45, 2.75) is 12.6 Å². The normalized spacial score (nSPS) is 35.4. The molecule has 0 aromatic carbocycles. The van der Waals surface area contributed by atoms with Gasteiger partial charge < -0.3 is 5.32 Å². The number of hydrogen-bond acceptors (Lipinski definition) is 2. The Morgan fingerprint density at radius 1 is 1.30 bits per heavy atom. The van der Waals surface area contributed by atoms with Crippen LogP contribution in [0.2, 0.25) is 0 Å². The monoisotopic (exact) mass is 140 g/mol. The van der Waals surface area contributed by atoms with Crippen LogP contribution in [0.5, 0.6) is 0 Å².